The molecule has 0 aliphatic heterocycles. The molecule has 0 amide bonds. The molecule has 10 aromatic heterocycles. The van der Waals surface area contributed by atoms with Gasteiger partial charge >= 0.3 is 0 Å². The zero-order valence-electron chi connectivity index (χ0n) is 75.5. The van der Waals surface area contributed by atoms with E-state index in [9.17, 15) is 0 Å². The van der Waals surface area contributed by atoms with Crippen molar-refractivity contribution in [3.63, 3.8) is 0 Å². The van der Waals surface area contributed by atoms with Crippen LogP contribution < -0.4 is 0 Å². The van der Waals surface area contributed by atoms with Gasteiger partial charge in [0.1, 0.15) is 5.82 Å². The summed E-state index contributed by atoms with van der Waals surface area (Å²) < 4.78 is 0. The van der Waals surface area contributed by atoms with Gasteiger partial charge in [0.05, 0.1) is 138 Å². The smallest absolute Gasteiger partial charge is 0.160 e. The van der Waals surface area contributed by atoms with Gasteiger partial charge in [-0.2, -0.15) is 21.0 Å². The van der Waals surface area contributed by atoms with E-state index in [1.54, 1.807) is 49.1 Å². The van der Waals surface area contributed by atoms with E-state index in [0.717, 1.165) is 186 Å². The van der Waals surface area contributed by atoms with Crippen LogP contribution in [-0.4, -0.2) is 69.8 Å². The second-order valence-electron chi connectivity index (χ2n) is 32.4. The molecule has 0 unspecified atom stereocenters. The Bertz CT molecular complexity index is 7690. The van der Waals surface area contributed by atoms with Crippen LogP contribution in [0.5, 0.6) is 0 Å². The number of benzene rings is 11. The molecule has 0 radical (unpaired) electrons. The van der Waals surface area contributed by atoms with Gasteiger partial charge in [0, 0.05) is 86.0 Å². The van der Waals surface area contributed by atoms with E-state index >= 15 is 0 Å². The zero-order valence-corrected chi connectivity index (χ0v) is 75.5. The fourth-order valence-electron chi connectivity index (χ4n) is 15.3. The van der Waals surface area contributed by atoms with Crippen LogP contribution in [0.1, 0.15) is 44.8 Å². The molecule has 0 fully saturated rings. The first-order chi connectivity index (χ1) is 67.7. The highest BCUT2D eigenvalue weighted by Gasteiger charge is 2.21. The van der Waals surface area contributed by atoms with Gasteiger partial charge in [-0.3, -0.25) is 19.9 Å². The third-order valence-electron chi connectivity index (χ3n) is 22.7. The fraction of sp³-hybridized carbons (Fsp3) is 0.0333. The first-order valence-corrected chi connectivity index (χ1v) is 44.5. The van der Waals surface area contributed by atoms with Gasteiger partial charge in [0.15, 0.2) is 17.5 Å². The predicted molar refractivity (Wildman–Crippen MR) is 545 cm³/mol. The van der Waals surface area contributed by atoms with Gasteiger partial charge in [-0.15, -0.1) is 0 Å². The fourth-order valence-corrected chi connectivity index (χ4v) is 15.3. The summed E-state index contributed by atoms with van der Waals surface area (Å²) in [6, 6.07) is 139. The Morgan fingerprint density at radius 3 is 0.580 bits per heavy atom. The highest BCUT2D eigenvalue weighted by atomic mass is 14.9. The lowest BCUT2D eigenvalue weighted by molar-refractivity contribution is 1.06. The van der Waals surface area contributed by atoms with E-state index in [1.165, 1.54) is 11.1 Å². The molecule has 652 valence electrons. The first kappa shape index (κ1) is 89.2. The monoisotopic (exact) mass is 1770 g/mol. The summed E-state index contributed by atoms with van der Waals surface area (Å²) in [6.45, 7) is 8.10. The number of nitrogens with zero attached hydrogens (tertiary/aromatic N) is 18. The maximum absolute atomic E-state index is 9.05. The molecule has 0 atom stereocenters. The third-order valence-corrected chi connectivity index (χ3v) is 22.7. The van der Waals surface area contributed by atoms with E-state index in [2.05, 4.69) is 189 Å². The molecule has 138 heavy (non-hydrogen) atoms. The molecule has 11 aromatic carbocycles. The van der Waals surface area contributed by atoms with Crippen molar-refractivity contribution < 1.29 is 0 Å². The van der Waals surface area contributed by atoms with Crippen molar-refractivity contribution >= 4 is 0 Å². The lowest BCUT2D eigenvalue weighted by atomic mass is 10.0. The molecule has 18 heteroatoms. The molecule has 0 N–H and O–H groups in total. The van der Waals surface area contributed by atoms with Gasteiger partial charge < -0.3 is 0 Å². The summed E-state index contributed by atoms with van der Waals surface area (Å²) in [5.41, 5.74) is 33.5. The average molecular weight is 1780 g/mol. The van der Waals surface area contributed by atoms with Crippen molar-refractivity contribution in [1.82, 2.24) is 69.8 Å². The Morgan fingerprint density at radius 1 is 0.152 bits per heavy atom. The Kier molecular flexibility index (Phi) is 27.3. The van der Waals surface area contributed by atoms with Crippen molar-refractivity contribution in [3.8, 4) is 216 Å². The van der Waals surface area contributed by atoms with Crippen LogP contribution in [0.15, 0.2) is 425 Å². The van der Waals surface area contributed by atoms with E-state index in [4.69, 9.17) is 60.9 Å². The number of hydrogen-bond acceptors (Lipinski definition) is 18. The van der Waals surface area contributed by atoms with Crippen LogP contribution in [-0.2, 0) is 0 Å². The van der Waals surface area contributed by atoms with Gasteiger partial charge in [-0.05, 0) is 196 Å². The molecule has 0 saturated heterocycles. The van der Waals surface area contributed by atoms with Crippen molar-refractivity contribution in [2.45, 2.75) is 27.7 Å². The normalized spacial score (nSPS) is 10.6. The molecule has 0 bridgehead atoms. The maximum atomic E-state index is 9.05. The quantitative estimate of drug-likeness (QED) is 0.0819. The van der Waals surface area contributed by atoms with Crippen molar-refractivity contribution in [3.05, 3.63) is 470 Å². The number of pyridine rings is 6. The highest BCUT2D eigenvalue weighted by molar-refractivity contribution is 5.82. The summed E-state index contributed by atoms with van der Waals surface area (Å²) in [6.07, 6.45) is 7.07. The molecule has 0 aliphatic rings. The molecule has 10 heterocycles. The highest BCUT2D eigenvalue weighted by Crippen LogP contribution is 2.38. The predicted octanol–water partition coefficient (Wildman–Crippen LogP) is 27.3. The van der Waals surface area contributed by atoms with Gasteiger partial charge in [-0.25, -0.2) is 49.8 Å². The molecule has 0 aliphatic carbocycles. The third kappa shape index (κ3) is 21.9. The molecule has 21 aromatic rings. The largest absolute Gasteiger partial charge is 0.255 e. The average Bonchev–Trinajstić information content (AvgIpc) is 0.778. The minimum atomic E-state index is 0.596. The van der Waals surface area contributed by atoms with Crippen LogP contribution in [0.2, 0.25) is 0 Å². The second-order valence-corrected chi connectivity index (χ2v) is 32.4. The van der Waals surface area contributed by atoms with Crippen molar-refractivity contribution in [1.29, 1.82) is 21.0 Å². The van der Waals surface area contributed by atoms with Crippen LogP contribution >= 0.6 is 0 Å². The summed E-state index contributed by atoms with van der Waals surface area (Å²) >= 11 is 0. The second kappa shape index (κ2) is 42.2. The van der Waals surface area contributed by atoms with Crippen LogP contribution in [0.4, 0.5) is 0 Å². The Morgan fingerprint density at radius 2 is 0.348 bits per heavy atom. The minimum absolute atomic E-state index is 0.596. The number of rotatable bonds is 17. The summed E-state index contributed by atoms with van der Waals surface area (Å²) in [4.78, 5) is 67.1. The molecular weight excluding hydrogens is 1690 g/mol. The number of aryl methyl sites for hydroxylation is 4. The van der Waals surface area contributed by atoms with Gasteiger partial charge in [0.25, 0.3) is 0 Å². The van der Waals surface area contributed by atoms with Gasteiger partial charge in [-0.1, -0.05) is 271 Å². The summed E-state index contributed by atoms with van der Waals surface area (Å²) in [5, 5.41) is 36.1. The number of nitriles is 4. The molecule has 18 nitrogen and oxygen atoms in total. The lowest BCUT2D eigenvalue weighted by Crippen LogP contribution is -1.99. The standard InChI is InChI=1S/C41H28N8.C30H21N3.C25H16N4.C24H17N3/c1-27-14-16-28(17-15-27)41-48-35(29-22-37(31-10-2-6-18-42-31)46-38(23-29)32-11-3-7-19-43-32)26-36(49-41)30-24-39(33-12-4-8-20-44-33)47-40(25-30)34-13-5-9-21-45-34;1-21-7-11-27(12-8-21)30-32-28(25-5-3-2-4-6-25)19-29(33-30)26-17-15-24(16-18-26)23-13-9-22(20-31)10-14-23;1-17-2-8-22(9-3-17)25-28-23(20-10-4-18(15-26)5-11-20)14-24(29-25)21-12-6-19(16-27)7-13-21;1-17-26-23(21-5-3-2-4-6-21)15-24(27-17)22-13-11-20(12-14-22)19-9-7-18(16-25)8-10-19/h2-26H,1H3;2-19H,1H3;2-14H,1H3;2-15H,1H3. The maximum Gasteiger partial charge on any atom is 0.160 e. The molecule has 0 saturated carbocycles. The minimum Gasteiger partial charge on any atom is -0.255 e. The van der Waals surface area contributed by atoms with Crippen molar-refractivity contribution in [2.24, 2.45) is 0 Å². The Labute approximate surface area is 799 Å². The van der Waals surface area contributed by atoms with E-state index in [-0.39, 0.29) is 0 Å². The SMILES string of the molecule is Cc1ccc(-c2nc(-c3cc(-c4ccccn4)nc(-c4ccccn4)c3)cc(-c3cc(-c4ccccn4)nc(-c4ccccn4)c3)n2)cc1.Cc1ccc(-c2nc(-c3ccc(C#N)cc3)cc(-c3ccc(C#N)cc3)n2)cc1.Cc1ccc(-c2nc(-c3ccccc3)cc(-c3ccc(-c4ccc(C#N)cc4)cc3)n2)cc1.Cc1nc(-c2ccccc2)cc(-c2ccc(-c3ccc(C#N)cc3)cc2)n1. The summed E-state index contributed by atoms with van der Waals surface area (Å²) in [5.74, 6) is 2.69. The Hall–Kier alpha value is -19.4. The topological polar surface area (TPSA) is 276 Å². The first-order valence-electron chi connectivity index (χ1n) is 44.5. The number of hydrogen-bond donors (Lipinski definition) is 0. The molecule has 0 spiro atoms. The molecular formula is C120H82N18. The van der Waals surface area contributed by atoms with Crippen molar-refractivity contribution in [2.75, 3.05) is 0 Å². The van der Waals surface area contributed by atoms with E-state index in [1.807, 2.05) is 269 Å². The lowest BCUT2D eigenvalue weighted by Gasteiger charge is -2.13. The summed E-state index contributed by atoms with van der Waals surface area (Å²) in [7, 11) is 0. The Balaban J connectivity index is 0.000000126. The van der Waals surface area contributed by atoms with E-state index in [0.29, 0.717) is 39.7 Å². The number of aromatic nitrogens is 14. The van der Waals surface area contributed by atoms with Crippen LogP contribution in [0.25, 0.3) is 192 Å². The zero-order chi connectivity index (χ0) is 94.5. The van der Waals surface area contributed by atoms with Gasteiger partial charge in [0.2, 0.25) is 0 Å². The van der Waals surface area contributed by atoms with E-state index < -0.39 is 0 Å². The van der Waals surface area contributed by atoms with Crippen LogP contribution in [0.3, 0.4) is 0 Å². The van der Waals surface area contributed by atoms with Crippen LogP contribution in [0, 0.1) is 73.0 Å². The molecule has 21 rings (SSSR count).